The number of nitrogens with one attached hydrogen (secondary N) is 2. The van der Waals surface area contributed by atoms with Crippen LogP contribution in [0.2, 0.25) is 0 Å². The molecule has 2 fully saturated rings. The molecule has 2 rings (SSSR count). The third kappa shape index (κ3) is 16.7. The zero-order valence-corrected chi connectivity index (χ0v) is 28.1. The van der Waals surface area contributed by atoms with E-state index in [2.05, 4.69) is 43.2 Å². The third-order valence-corrected chi connectivity index (χ3v) is 7.70. The number of urea groups is 1. The monoisotopic (exact) mass is 597 g/mol. The van der Waals surface area contributed by atoms with Crippen LogP contribution in [0.15, 0.2) is 0 Å². The van der Waals surface area contributed by atoms with E-state index in [1.807, 2.05) is 13.8 Å². The molecular formula is C33H63N3O6. The second-order valence-electron chi connectivity index (χ2n) is 14.5. The van der Waals surface area contributed by atoms with Gasteiger partial charge in [0.25, 0.3) is 0 Å². The van der Waals surface area contributed by atoms with E-state index in [-0.39, 0.29) is 30.3 Å². The number of carbonyl (C=O) groups excluding carboxylic acids is 2. The summed E-state index contributed by atoms with van der Waals surface area (Å²) in [5, 5.41) is 14.4. The molecule has 9 nitrogen and oxygen atoms in total. The lowest BCUT2D eigenvalue weighted by Gasteiger charge is -2.44. The number of nitrogens with zero attached hydrogens (tertiary/aromatic N) is 1. The Morgan fingerprint density at radius 2 is 1.52 bits per heavy atom. The van der Waals surface area contributed by atoms with E-state index in [1.165, 1.54) is 57.8 Å². The SMILES string of the molecule is CC1(C)OCC(C)(C)C(C(=O)NCCC(=O)O)O1.CCCCCCCCCN(CC(C)(C)C)C(=O)NC1CCCCC1. The Balaban J connectivity index is 0.000000437. The topological polar surface area (TPSA) is 117 Å². The number of aliphatic carboxylic acids is 1. The van der Waals surface area contributed by atoms with Crippen LogP contribution in [-0.2, 0) is 19.1 Å². The lowest BCUT2D eigenvalue weighted by atomic mass is 9.85. The molecule has 1 saturated heterocycles. The first-order chi connectivity index (χ1) is 19.6. The number of ether oxygens (including phenoxy) is 2. The molecule has 42 heavy (non-hydrogen) atoms. The van der Waals surface area contributed by atoms with Crippen LogP contribution in [0.5, 0.6) is 0 Å². The van der Waals surface area contributed by atoms with Crippen LogP contribution in [0.1, 0.15) is 139 Å². The van der Waals surface area contributed by atoms with Gasteiger partial charge in [0, 0.05) is 31.1 Å². The van der Waals surface area contributed by atoms with Crippen molar-refractivity contribution in [2.75, 3.05) is 26.2 Å². The van der Waals surface area contributed by atoms with Gasteiger partial charge in [-0.1, -0.05) is 99.3 Å². The minimum absolute atomic E-state index is 0.0984. The molecular weight excluding hydrogens is 534 g/mol. The number of amides is 3. The van der Waals surface area contributed by atoms with Crippen molar-refractivity contribution in [3.05, 3.63) is 0 Å². The van der Waals surface area contributed by atoms with Crippen LogP contribution in [-0.4, -0.2) is 72.1 Å². The predicted molar refractivity (Wildman–Crippen MR) is 168 cm³/mol. The van der Waals surface area contributed by atoms with Gasteiger partial charge in [0.1, 0.15) is 6.10 Å². The smallest absolute Gasteiger partial charge is 0.317 e. The second kappa shape index (κ2) is 18.7. The molecule has 0 aromatic heterocycles. The fraction of sp³-hybridized carbons (Fsp3) is 0.909. The quantitative estimate of drug-likeness (QED) is 0.188. The first kappa shape index (κ1) is 38.2. The number of carboxylic acid groups (broad SMARTS) is 1. The fourth-order valence-corrected chi connectivity index (χ4v) is 5.30. The van der Waals surface area contributed by atoms with E-state index in [0.29, 0.717) is 12.6 Å². The van der Waals surface area contributed by atoms with Crippen LogP contribution >= 0.6 is 0 Å². The number of hydrogen-bond donors (Lipinski definition) is 3. The summed E-state index contributed by atoms with van der Waals surface area (Å²) in [6.07, 6.45) is 14.5. The number of carboxylic acids is 1. The predicted octanol–water partition coefficient (Wildman–Crippen LogP) is 6.88. The summed E-state index contributed by atoms with van der Waals surface area (Å²) >= 11 is 0. The molecule has 1 unspecified atom stereocenters. The number of hydrogen-bond acceptors (Lipinski definition) is 5. The molecule has 3 amide bonds. The van der Waals surface area contributed by atoms with E-state index < -0.39 is 23.3 Å². The van der Waals surface area contributed by atoms with Crippen LogP contribution in [0.4, 0.5) is 4.79 Å². The summed E-state index contributed by atoms with van der Waals surface area (Å²) in [5.41, 5.74) is -0.284. The van der Waals surface area contributed by atoms with E-state index in [4.69, 9.17) is 14.6 Å². The van der Waals surface area contributed by atoms with Crippen LogP contribution in [0, 0.1) is 10.8 Å². The lowest BCUT2D eigenvalue weighted by molar-refractivity contribution is -0.304. The molecule has 0 bridgehead atoms. The van der Waals surface area contributed by atoms with Gasteiger partial charge < -0.3 is 30.1 Å². The first-order valence-corrected chi connectivity index (χ1v) is 16.4. The summed E-state index contributed by atoms with van der Waals surface area (Å²) in [6.45, 7) is 18.4. The summed E-state index contributed by atoms with van der Waals surface area (Å²) < 4.78 is 11.1. The van der Waals surface area contributed by atoms with Gasteiger partial charge in [-0.3, -0.25) is 9.59 Å². The standard InChI is InChI=1S/C21H42N2O.C12H21NO5/c1-5-6-7-8-9-10-14-17-23(18-21(2,3)4)20(24)22-19-15-12-11-13-16-19;1-11(2)7-17-12(3,4)18-9(11)10(16)13-6-5-8(14)15/h19H,5-18H2,1-4H3,(H,22,24);9H,5-7H2,1-4H3,(H,13,16)(H,14,15). The number of rotatable bonds is 14. The van der Waals surface area contributed by atoms with Gasteiger partial charge in [-0.15, -0.1) is 0 Å². The fourth-order valence-electron chi connectivity index (χ4n) is 5.30. The van der Waals surface area contributed by atoms with Crippen molar-refractivity contribution in [1.29, 1.82) is 0 Å². The zero-order valence-electron chi connectivity index (χ0n) is 28.1. The average molecular weight is 598 g/mol. The maximum absolute atomic E-state index is 12.7. The molecule has 0 aromatic rings. The average Bonchev–Trinajstić information content (AvgIpc) is 2.89. The minimum atomic E-state index is -0.942. The second-order valence-corrected chi connectivity index (χ2v) is 14.5. The Kier molecular flexibility index (Phi) is 17.0. The van der Waals surface area contributed by atoms with Gasteiger partial charge in [0.15, 0.2) is 5.79 Å². The molecule has 1 saturated carbocycles. The van der Waals surface area contributed by atoms with E-state index in [0.717, 1.165) is 32.4 Å². The molecule has 1 aliphatic carbocycles. The van der Waals surface area contributed by atoms with Crippen molar-refractivity contribution in [2.45, 2.75) is 157 Å². The van der Waals surface area contributed by atoms with Crippen molar-refractivity contribution in [2.24, 2.45) is 10.8 Å². The van der Waals surface area contributed by atoms with Crippen molar-refractivity contribution < 1.29 is 29.0 Å². The minimum Gasteiger partial charge on any atom is -0.481 e. The van der Waals surface area contributed by atoms with Crippen LogP contribution in [0.3, 0.4) is 0 Å². The van der Waals surface area contributed by atoms with Gasteiger partial charge in [-0.25, -0.2) is 4.79 Å². The highest BCUT2D eigenvalue weighted by atomic mass is 16.7. The van der Waals surface area contributed by atoms with Gasteiger partial charge in [-0.05, 0) is 38.5 Å². The number of unbranched alkanes of at least 4 members (excludes halogenated alkanes) is 6. The van der Waals surface area contributed by atoms with E-state index in [1.54, 1.807) is 13.8 Å². The Morgan fingerprint density at radius 1 is 0.929 bits per heavy atom. The maximum Gasteiger partial charge on any atom is 0.317 e. The summed E-state index contributed by atoms with van der Waals surface area (Å²) in [6, 6.07) is 0.575. The van der Waals surface area contributed by atoms with Crippen molar-refractivity contribution in [3.63, 3.8) is 0 Å². The molecule has 0 spiro atoms. The largest absolute Gasteiger partial charge is 0.481 e. The summed E-state index contributed by atoms with van der Waals surface area (Å²) in [7, 11) is 0. The van der Waals surface area contributed by atoms with Gasteiger partial charge in [-0.2, -0.15) is 0 Å². The zero-order chi connectivity index (χ0) is 31.8. The highest BCUT2D eigenvalue weighted by molar-refractivity contribution is 5.82. The Bertz CT molecular complexity index is 802. The maximum atomic E-state index is 12.7. The molecule has 9 heteroatoms. The molecule has 1 atom stereocenters. The van der Waals surface area contributed by atoms with Gasteiger partial charge in [0.05, 0.1) is 13.0 Å². The molecule has 0 radical (unpaired) electrons. The lowest BCUT2D eigenvalue weighted by Crippen LogP contribution is -2.56. The summed E-state index contributed by atoms with van der Waals surface area (Å²) in [4.78, 5) is 37.2. The molecule has 1 aliphatic heterocycles. The molecule has 2 aliphatic rings. The molecule has 246 valence electrons. The van der Waals surface area contributed by atoms with E-state index in [9.17, 15) is 14.4 Å². The van der Waals surface area contributed by atoms with Crippen molar-refractivity contribution in [3.8, 4) is 0 Å². The highest BCUT2D eigenvalue weighted by Crippen LogP contribution is 2.34. The Morgan fingerprint density at radius 3 is 2.10 bits per heavy atom. The third-order valence-electron chi connectivity index (χ3n) is 7.70. The Labute approximate surface area is 256 Å². The van der Waals surface area contributed by atoms with Crippen LogP contribution < -0.4 is 10.6 Å². The molecule has 3 N–H and O–H groups in total. The highest BCUT2D eigenvalue weighted by Gasteiger charge is 2.45. The molecule has 1 heterocycles. The number of carbonyl (C=O) groups is 3. The molecule has 0 aromatic carbocycles. The summed E-state index contributed by atoms with van der Waals surface area (Å²) in [5.74, 6) is -2.04. The first-order valence-electron chi connectivity index (χ1n) is 16.4. The van der Waals surface area contributed by atoms with Crippen molar-refractivity contribution in [1.82, 2.24) is 15.5 Å². The van der Waals surface area contributed by atoms with Crippen molar-refractivity contribution >= 4 is 17.9 Å². The van der Waals surface area contributed by atoms with Crippen LogP contribution in [0.25, 0.3) is 0 Å². The normalized spacial score (nSPS) is 20.1. The van der Waals surface area contributed by atoms with Gasteiger partial charge in [0.2, 0.25) is 5.91 Å². The van der Waals surface area contributed by atoms with E-state index >= 15 is 0 Å². The Hall–Kier alpha value is -1.87. The van der Waals surface area contributed by atoms with Gasteiger partial charge >= 0.3 is 12.0 Å².